The van der Waals surface area contributed by atoms with E-state index < -0.39 is 10.9 Å². The third kappa shape index (κ3) is 2.37. The van der Waals surface area contributed by atoms with E-state index in [9.17, 15) is 20.2 Å². The molecule has 3 rings (SSSR count). The summed E-state index contributed by atoms with van der Waals surface area (Å²) >= 11 is 0. The van der Waals surface area contributed by atoms with Crippen LogP contribution in [-0.4, -0.2) is 26.9 Å². The number of ether oxygens (including phenoxy) is 1. The number of esters is 1. The number of fused-ring (bicyclic) bond motifs is 3. The Morgan fingerprint density at radius 1 is 1.40 bits per heavy atom. The highest BCUT2D eigenvalue weighted by molar-refractivity contribution is 6.02. The molecular formula is C17H14N4O4. The first-order valence-electron chi connectivity index (χ1n) is 7.57. The second kappa shape index (κ2) is 5.87. The van der Waals surface area contributed by atoms with Gasteiger partial charge in [0.25, 0.3) is 5.69 Å². The lowest BCUT2D eigenvalue weighted by molar-refractivity contribution is -0.384. The highest BCUT2D eigenvalue weighted by Gasteiger charge is 2.24. The largest absolute Gasteiger partial charge is 0.461 e. The van der Waals surface area contributed by atoms with Gasteiger partial charge < -0.3 is 4.74 Å². The van der Waals surface area contributed by atoms with Crippen LogP contribution in [0.4, 0.5) is 5.69 Å². The van der Waals surface area contributed by atoms with Crippen LogP contribution in [-0.2, 0) is 4.74 Å². The van der Waals surface area contributed by atoms with Crippen molar-refractivity contribution < 1.29 is 14.5 Å². The van der Waals surface area contributed by atoms with Crippen molar-refractivity contribution in [2.24, 2.45) is 0 Å². The van der Waals surface area contributed by atoms with Crippen molar-refractivity contribution in [3.8, 4) is 6.07 Å². The molecule has 2 aromatic heterocycles. The number of nitro benzene ring substituents is 1. The Hall–Kier alpha value is -3.47. The predicted molar refractivity (Wildman–Crippen MR) is 89.5 cm³/mol. The topological polar surface area (TPSA) is 111 Å². The third-order valence-electron chi connectivity index (χ3n) is 4.05. The predicted octanol–water partition coefficient (Wildman–Crippen LogP) is 3.06. The molecule has 126 valence electrons. The van der Waals surface area contributed by atoms with E-state index in [1.54, 1.807) is 20.8 Å². The molecule has 0 unspecified atom stereocenters. The summed E-state index contributed by atoms with van der Waals surface area (Å²) in [5, 5.41) is 21.7. The van der Waals surface area contributed by atoms with E-state index >= 15 is 0 Å². The van der Waals surface area contributed by atoms with Crippen LogP contribution in [0.3, 0.4) is 0 Å². The molecule has 3 aromatic rings. The van der Waals surface area contributed by atoms with Crippen molar-refractivity contribution in [1.82, 2.24) is 9.38 Å². The van der Waals surface area contributed by atoms with E-state index in [1.165, 1.54) is 22.6 Å². The highest BCUT2D eigenvalue weighted by atomic mass is 16.6. The lowest BCUT2D eigenvalue weighted by Gasteiger charge is -2.10. The molecule has 0 saturated carbocycles. The summed E-state index contributed by atoms with van der Waals surface area (Å²) in [6.45, 7) is 5.27. The molecule has 1 aromatic carbocycles. The summed E-state index contributed by atoms with van der Waals surface area (Å²) in [6.07, 6.45) is 0. The molecule has 0 aliphatic heterocycles. The number of rotatable bonds is 3. The van der Waals surface area contributed by atoms with Gasteiger partial charge in [0, 0.05) is 28.6 Å². The number of aryl methyl sites for hydroxylation is 2. The van der Waals surface area contributed by atoms with Crippen molar-refractivity contribution in [3.05, 3.63) is 51.0 Å². The van der Waals surface area contributed by atoms with Crippen molar-refractivity contribution >= 4 is 28.1 Å². The number of benzene rings is 1. The lowest BCUT2D eigenvalue weighted by atomic mass is 10.0. The minimum absolute atomic E-state index is 0.111. The van der Waals surface area contributed by atoms with Gasteiger partial charge in [-0.25, -0.2) is 9.78 Å². The number of pyridine rings is 1. The number of carbonyl (C=O) groups is 1. The fraction of sp³-hybridized carbons (Fsp3) is 0.235. The first-order valence-corrected chi connectivity index (χ1v) is 7.57. The molecule has 25 heavy (non-hydrogen) atoms. The molecule has 0 atom stereocenters. The van der Waals surface area contributed by atoms with Crippen LogP contribution in [0.5, 0.6) is 0 Å². The van der Waals surface area contributed by atoms with Gasteiger partial charge in [-0.15, -0.1) is 0 Å². The van der Waals surface area contributed by atoms with Gasteiger partial charge in [0.1, 0.15) is 11.7 Å². The fourth-order valence-corrected chi connectivity index (χ4v) is 2.97. The number of carbonyl (C=O) groups excluding carboxylic acids is 1. The highest BCUT2D eigenvalue weighted by Crippen LogP contribution is 2.31. The van der Waals surface area contributed by atoms with E-state index in [4.69, 9.17) is 4.74 Å². The molecule has 0 aliphatic carbocycles. The number of nitrogens with zero attached hydrogens (tertiary/aromatic N) is 4. The molecule has 0 bridgehead atoms. The molecule has 2 heterocycles. The van der Waals surface area contributed by atoms with Gasteiger partial charge in [0.05, 0.1) is 22.8 Å². The Labute approximate surface area is 142 Å². The summed E-state index contributed by atoms with van der Waals surface area (Å²) < 4.78 is 6.63. The van der Waals surface area contributed by atoms with Crippen LogP contribution in [0.15, 0.2) is 18.2 Å². The number of hydrogen-bond donors (Lipinski definition) is 0. The van der Waals surface area contributed by atoms with Gasteiger partial charge >= 0.3 is 5.97 Å². The summed E-state index contributed by atoms with van der Waals surface area (Å²) in [4.78, 5) is 27.3. The van der Waals surface area contributed by atoms with Gasteiger partial charge in [0.2, 0.25) is 0 Å². The number of non-ortho nitro benzene ring substituents is 1. The zero-order chi connectivity index (χ0) is 18.3. The molecular weight excluding hydrogens is 324 g/mol. The SMILES string of the molecule is CCOC(=O)c1c(C)nc2c3cc([N+](=O)[O-])ccc3c(C#N)c(C)n12. The van der Waals surface area contributed by atoms with Crippen molar-refractivity contribution in [3.63, 3.8) is 0 Å². The molecule has 0 amide bonds. The van der Waals surface area contributed by atoms with Gasteiger partial charge in [-0.2, -0.15) is 5.26 Å². The number of imidazole rings is 1. The summed E-state index contributed by atoms with van der Waals surface area (Å²) in [6, 6.07) is 6.37. The minimum atomic E-state index is -0.552. The lowest BCUT2D eigenvalue weighted by Crippen LogP contribution is -2.11. The first-order chi connectivity index (χ1) is 11.9. The van der Waals surface area contributed by atoms with E-state index in [2.05, 4.69) is 11.1 Å². The Kier molecular flexibility index (Phi) is 3.85. The molecule has 8 heteroatoms. The van der Waals surface area contributed by atoms with Crippen LogP contribution in [0, 0.1) is 35.3 Å². The fourth-order valence-electron chi connectivity index (χ4n) is 2.97. The smallest absolute Gasteiger partial charge is 0.357 e. The second-order valence-corrected chi connectivity index (χ2v) is 5.48. The zero-order valence-corrected chi connectivity index (χ0v) is 13.9. The quantitative estimate of drug-likeness (QED) is 0.412. The molecule has 8 nitrogen and oxygen atoms in total. The average molecular weight is 338 g/mol. The van der Waals surface area contributed by atoms with Crippen LogP contribution >= 0.6 is 0 Å². The Bertz CT molecular complexity index is 1090. The van der Waals surface area contributed by atoms with Crippen LogP contribution < -0.4 is 0 Å². The molecule has 0 radical (unpaired) electrons. The van der Waals surface area contributed by atoms with Crippen LogP contribution in [0.25, 0.3) is 16.4 Å². The van der Waals surface area contributed by atoms with E-state index in [0.29, 0.717) is 33.4 Å². The van der Waals surface area contributed by atoms with Crippen LogP contribution in [0.1, 0.15) is 34.4 Å². The maximum Gasteiger partial charge on any atom is 0.357 e. The standard InChI is InChI=1S/C17H14N4O4/c1-4-25-17(22)15-9(2)19-16-13-7-11(21(23)24)5-6-12(13)14(8-18)10(3)20(15)16/h5-7H,4H2,1-3H3. The molecule has 0 N–H and O–H groups in total. The molecule has 0 spiro atoms. The monoisotopic (exact) mass is 338 g/mol. The van der Waals surface area contributed by atoms with Gasteiger partial charge in [-0.3, -0.25) is 14.5 Å². The molecule has 0 fully saturated rings. The van der Waals surface area contributed by atoms with Gasteiger partial charge in [0.15, 0.2) is 5.69 Å². The van der Waals surface area contributed by atoms with Gasteiger partial charge in [-0.05, 0) is 26.8 Å². The zero-order valence-electron chi connectivity index (χ0n) is 13.9. The summed E-state index contributed by atoms with van der Waals surface area (Å²) in [7, 11) is 0. The van der Waals surface area contributed by atoms with E-state index in [-0.39, 0.29) is 18.0 Å². The maximum absolute atomic E-state index is 12.3. The molecule has 0 saturated heterocycles. The Morgan fingerprint density at radius 2 is 2.12 bits per heavy atom. The normalized spacial score (nSPS) is 10.8. The van der Waals surface area contributed by atoms with Gasteiger partial charge in [-0.1, -0.05) is 0 Å². The Morgan fingerprint density at radius 3 is 2.72 bits per heavy atom. The van der Waals surface area contributed by atoms with Crippen molar-refractivity contribution in [2.45, 2.75) is 20.8 Å². The van der Waals surface area contributed by atoms with Crippen molar-refractivity contribution in [1.29, 1.82) is 5.26 Å². The number of aromatic nitrogens is 2. The number of nitro groups is 1. The van der Waals surface area contributed by atoms with E-state index in [1.807, 2.05) is 0 Å². The number of nitriles is 1. The number of hydrogen-bond acceptors (Lipinski definition) is 6. The van der Waals surface area contributed by atoms with Crippen LogP contribution in [0.2, 0.25) is 0 Å². The summed E-state index contributed by atoms with van der Waals surface area (Å²) in [5.74, 6) is -0.552. The first kappa shape index (κ1) is 16.4. The molecule has 0 aliphatic rings. The Balaban J connectivity index is 2.52. The van der Waals surface area contributed by atoms with Crippen molar-refractivity contribution in [2.75, 3.05) is 6.61 Å². The third-order valence-corrected chi connectivity index (χ3v) is 4.05. The van der Waals surface area contributed by atoms with E-state index in [0.717, 1.165) is 0 Å². The summed E-state index contributed by atoms with van der Waals surface area (Å²) in [5.41, 5.74) is 1.79. The maximum atomic E-state index is 12.3. The minimum Gasteiger partial charge on any atom is -0.461 e. The average Bonchev–Trinajstić information content (AvgIpc) is 2.93. The second-order valence-electron chi connectivity index (χ2n) is 5.48.